The average Bonchev–Trinajstić information content (AvgIpc) is 2.96. The Bertz CT molecular complexity index is 775. The minimum atomic E-state index is -3.19. The van der Waals surface area contributed by atoms with Gasteiger partial charge in [-0.25, -0.2) is 12.7 Å². The molecule has 0 radical (unpaired) electrons. The van der Waals surface area contributed by atoms with Gasteiger partial charge in [0, 0.05) is 23.7 Å². The summed E-state index contributed by atoms with van der Waals surface area (Å²) in [7, 11) is -3.19. The summed E-state index contributed by atoms with van der Waals surface area (Å²) in [4.78, 5) is 4.40. The molecule has 0 spiro atoms. The summed E-state index contributed by atoms with van der Waals surface area (Å²) >= 11 is 5.96. The highest BCUT2D eigenvalue weighted by Gasteiger charge is 2.30. The molecule has 22 heavy (non-hydrogen) atoms. The van der Waals surface area contributed by atoms with Crippen molar-refractivity contribution in [3.05, 3.63) is 35.2 Å². The quantitative estimate of drug-likeness (QED) is 0.857. The van der Waals surface area contributed by atoms with Crippen molar-refractivity contribution in [3.8, 4) is 11.4 Å². The van der Waals surface area contributed by atoms with Gasteiger partial charge in [0.05, 0.1) is 12.2 Å². The van der Waals surface area contributed by atoms with E-state index in [1.54, 1.807) is 12.1 Å². The molecule has 2 aromatic rings. The van der Waals surface area contributed by atoms with Crippen LogP contribution in [0.2, 0.25) is 5.02 Å². The van der Waals surface area contributed by atoms with Gasteiger partial charge in [0.15, 0.2) is 0 Å². The largest absolute Gasteiger partial charge is 0.339 e. The van der Waals surface area contributed by atoms with E-state index >= 15 is 0 Å². The second kappa shape index (κ2) is 5.98. The second-order valence-corrected chi connectivity index (χ2v) is 7.85. The Morgan fingerprint density at radius 1 is 1.41 bits per heavy atom. The Morgan fingerprint density at radius 2 is 2.23 bits per heavy atom. The molecule has 1 aliphatic rings. The third-order valence-corrected chi connectivity index (χ3v) is 5.23. The lowest BCUT2D eigenvalue weighted by molar-refractivity contribution is 0.266. The zero-order chi connectivity index (χ0) is 15.7. The standard InChI is InChI=1S/C14H16ClN3O3S/c1-22(19,20)18-7-3-5-11(9-18)14-16-13(17-21-14)10-4-2-6-12(15)8-10/h2,4,6,8,11H,3,5,7,9H2,1H3. The van der Waals surface area contributed by atoms with E-state index in [1.165, 1.54) is 10.6 Å². The predicted octanol–water partition coefficient (Wildman–Crippen LogP) is 2.53. The van der Waals surface area contributed by atoms with Crippen LogP contribution in [-0.4, -0.2) is 42.2 Å². The molecule has 0 aliphatic carbocycles. The van der Waals surface area contributed by atoms with Crippen molar-refractivity contribution < 1.29 is 12.9 Å². The summed E-state index contributed by atoms with van der Waals surface area (Å²) in [5, 5.41) is 4.58. The number of nitrogens with zero attached hydrogens (tertiary/aromatic N) is 3. The van der Waals surface area contributed by atoms with Crippen LogP contribution in [0.1, 0.15) is 24.7 Å². The first-order valence-corrected chi connectivity index (χ1v) is 9.21. The predicted molar refractivity (Wildman–Crippen MR) is 83.1 cm³/mol. The first-order chi connectivity index (χ1) is 10.4. The van der Waals surface area contributed by atoms with E-state index in [1.807, 2.05) is 12.1 Å². The highest BCUT2D eigenvalue weighted by molar-refractivity contribution is 7.88. The molecule has 1 saturated heterocycles. The summed E-state index contributed by atoms with van der Waals surface area (Å²) in [5.41, 5.74) is 0.776. The van der Waals surface area contributed by atoms with Crippen molar-refractivity contribution in [2.45, 2.75) is 18.8 Å². The SMILES string of the molecule is CS(=O)(=O)N1CCCC(c2nc(-c3cccc(Cl)c3)no2)C1. The van der Waals surface area contributed by atoms with E-state index in [-0.39, 0.29) is 5.92 Å². The number of sulfonamides is 1. The topological polar surface area (TPSA) is 76.3 Å². The Labute approximate surface area is 134 Å². The second-order valence-electron chi connectivity index (χ2n) is 5.43. The fourth-order valence-corrected chi connectivity index (χ4v) is 3.69. The van der Waals surface area contributed by atoms with Crippen LogP contribution < -0.4 is 0 Å². The van der Waals surface area contributed by atoms with Crippen LogP contribution in [0.4, 0.5) is 0 Å². The van der Waals surface area contributed by atoms with E-state index in [2.05, 4.69) is 10.1 Å². The van der Waals surface area contributed by atoms with Crippen LogP contribution in [0.3, 0.4) is 0 Å². The number of halogens is 1. The van der Waals surface area contributed by atoms with Crippen molar-refractivity contribution in [1.29, 1.82) is 0 Å². The minimum absolute atomic E-state index is 0.0658. The maximum Gasteiger partial charge on any atom is 0.231 e. The van der Waals surface area contributed by atoms with E-state index in [0.29, 0.717) is 29.8 Å². The molecule has 0 bridgehead atoms. The van der Waals surface area contributed by atoms with Gasteiger partial charge in [0.2, 0.25) is 21.7 Å². The molecule has 6 nitrogen and oxygen atoms in total. The van der Waals surface area contributed by atoms with Crippen molar-refractivity contribution in [2.24, 2.45) is 0 Å². The Kier molecular flexibility index (Phi) is 4.20. The van der Waals surface area contributed by atoms with Gasteiger partial charge in [-0.1, -0.05) is 28.9 Å². The molecular weight excluding hydrogens is 326 g/mol. The van der Waals surface area contributed by atoms with Crippen LogP contribution in [0.25, 0.3) is 11.4 Å². The third-order valence-electron chi connectivity index (χ3n) is 3.73. The maximum atomic E-state index is 11.7. The Hall–Kier alpha value is -1.44. The number of benzene rings is 1. The van der Waals surface area contributed by atoms with Crippen molar-refractivity contribution in [3.63, 3.8) is 0 Å². The number of hydrogen-bond acceptors (Lipinski definition) is 5. The van der Waals surface area contributed by atoms with E-state index in [4.69, 9.17) is 16.1 Å². The summed E-state index contributed by atoms with van der Waals surface area (Å²) in [6.07, 6.45) is 2.84. The van der Waals surface area contributed by atoms with Gasteiger partial charge in [-0.2, -0.15) is 4.98 Å². The van der Waals surface area contributed by atoms with Crippen molar-refractivity contribution >= 4 is 21.6 Å². The number of piperidine rings is 1. The zero-order valence-corrected chi connectivity index (χ0v) is 13.6. The molecule has 0 saturated carbocycles. The molecule has 1 atom stereocenters. The zero-order valence-electron chi connectivity index (χ0n) is 12.1. The summed E-state index contributed by atoms with van der Waals surface area (Å²) in [6, 6.07) is 7.21. The van der Waals surface area contributed by atoms with Gasteiger partial charge >= 0.3 is 0 Å². The molecule has 1 aromatic carbocycles. The van der Waals surface area contributed by atoms with Gasteiger partial charge in [-0.3, -0.25) is 0 Å². The highest BCUT2D eigenvalue weighted by Crippen LogP contribution is 2.29. The molecule has 0 amide bonds. The molecule has 1 aliphatic heterocycles. The van der Waals surface area contributed by atoms with E-state index in [9.17, 15) is 8.42 Å². The Balaban J connectivity index is 1.82. The molecule has 2 heterocycles. The Morgan fingerprint density at radius 3 is 2.95 bits per heavy atom. The van der Waals surface area contributed by atoms with Crippen molar-refractivity contribution in [1.82, 2.24) is 14.4 Å². The van der Waals surface area contributed by atoms with Gasteiger partial charge < -0.3 is 4.52 Å². The highest BCUT2D eigenvalue weighted by atomic mass is 35.5. The normalized spacial score (nSPS) is 20.2. The summed E-state index contributed by atoms with van der Waals surface area (Å²) in [5.74, 6) is 0.876. The fraction of sp³-hybridized carbons (Fsp3) is 0.429. The molecule has 8 heteroatoms. The van der Waals surface area contributed by atoms with E-state index < -0.39 is 10.0 Å². The lowest BCUT2D eigenvalue weighted by Gasteiger charge is -2.28. The average molecular weight is 342 g/mol. The van der Waals surface area contributed by atoms with Crippen LogP contribution in [0.15, 0.2) is 28.8 Å². The number of rotatable bonds is 3. The van der Waals surface area contributed by atoms with Crippen LogP contribution in [0.5, 0.6) is 0 Å². The van der Waals surface area contributed by atoms with Crippen LogP contribution in [0, 0.1) is 0 Å². The number of aromatic nitrogens is 2. The van der Waals surface area contributed by atoms with Gasteiger partial charge in [-0.05, 0) is 25.0 Å². The van der Waals surface area contributed by atoms with Gasteiger partial charge in [-0.15, -0.1) is 0 Å². The summed E-state index contributed by atoms with van der Waals surface area (Å²) < 4.78 is 30.1. The molecule has 1 aromatic heterocycles. The lowest BCUT2D eigenvalue weighted by atomic mass is 10.00. The molecule has 118 valence electrons. The molecular formula is C14H16ClN3O3S. The molecule has 1 fully saturated rings. The first kappa shape index (κ1) is 15.5. The van der Waals surface area contributed by atoms with E-state index in [0.717, 1.165) is 18.4 Å². The third kappa shape index (κ3) is 3.31. The smallest absolute Gasteiger partial charge is 0.231 e. The maximum absolute atomic E-state index is 11.7. The fourth-order valence-electron chi connectivity index (χ4n) is 2.59. The van der Waals surface area contributed by atoms with Gasteiger partial charge in [0.25, 0.3) is 0 Å². The first-order valence-electron chi connectivity index (χ1n) is 6.98. The molecule has 1 unspecified atom stereocenters. The molecule has 3 rings (SSSR count). The van der Waals surface area contributed by atoms with Crippen LogP contribution in [-0.2, 0) is 10.0 Å². The monoisotopic (exact) mass is 341 g/mol. The van der Waals surface area contributed by atoms with Crippen LogP contribution >= 0.6 is 11.6 Å². The lowest BCUT2D eigenvalue weighted by Crippen LogP contribution is -2.38. The van der Waals surface area contributed by atoms with Crippen molar-refractivity contribution in [2.75, 3.05) is 19.3 Å². The van der Waals surface area contributed by atoms with Gasteiger partial charge in [0.1, 0.15) is 0 Å². The molecule has 0 N–H and O–H groups in total. The summed E-state index contributed by atoms with van der Waals surface area (Å²) in [6.45, 7) is 0.931. The number of hydrogen-bond donors (Lipinski definition) is 0. The minimum Gasteiger partial charge on any atom is -0.339 e.